The molecule has 0 amide bonds. The van der Waals surface area contributed by atoms with Crippen LogP contribution in [0.5, 0.6) is 0 Å². The number of halogens is 3. The SMILES string of the molecule is CC(C)(C)c1cccc(N(C2CCCCC2)C(F)(F)F)c1. The molecule has 118 valence electrons. The molecule has 0 saturated heterocycles. The average molecular weight is 299 g/mol. The second-order valence-corrected chi connectivity index (χ2v) is 6.93. The lowest BCUT2D eigenvalue weighted by atomic mass is 9.86. The van der Waals surface area contributed by atoms with Gasteiger partial charge in [0.15, 0.2) is 0 Å². The van der Waals surface area contributed by atoms with Crippen LogP contribution < -0.4 is 4.90 Å². The van der Waals surface area contributed by atoms with Crippen molar-refractivity contribution in [2.24, 2.45) is 0 Å². The Kier molecular flexibility index (Phi) is 4.54. The summed E-state index contributed by atoms with van der Waals surface area (Å²) in [6.07, 6.45) is -0.256. The van der Waals surface area contributed by atoms with Crippen LogP contribution in [-0.2, 0) is 5.41 Å². The first-order chi connectivity index (χ1) is 9.69. The number of hydrogen-bond acceptors (Lipinski definition) is 1. The van der Waals surface area contributed by atoms with Crippen LogP contribution >= 0.6 is 0 Å². The summed E-state index contributed by atoms with van der Waals surface area (Å²) in [5.74, 6) is 0. The van der Waals surface area contributed by atoms with Crippen molar-refractivity contribution in [1.29, 1.82) is 0 Å². The Labute approximate surface area is 125 Å². The third-order valence-electron chi connectivity index (χ3n) is 4.20. The van der Waals surface area contributed by atoms with E-state index in [4.69, 9.17) is 0 Å². The molecule has 0 unspecified atom stereocenters. The molecule has 0 spiro atoms. The van der Waals surface area contributed by atoms with E-state index in [1.54, 1.807) is 18.2 Å². The van der Waals surface area contributed by atoms with Crippen molar-refractivity contribution in [3.8, 4) is 0 Å². The van der Waals surface area contributed by atoms with Crippen LogP contribution in [0.3, 0.4) is 0 Å². The van der Waals surface area contributed by atoms with Crippen molar-refractivity contribution in [2.75, 3.05) is 4.90 Å². The van der Waals surface area contributed by atoms with E-state index >= 15 is 0 Å². The Morgan fingerprint density at radius 3 is 2.14 bits per heavy atom. The molecule has 4 heteroatoms. The molecule has 1 saturated carbocycles. The summed E-state index contributed by atoms with van der Waals surface area (Å²) < 4.78 is 40.6. The molecule has 0 heterocycles. The summed E-state index contributed by atoms with van der Waals surface area (Å²) in [7, 11) is 0. The van der Waals surface area contributed by atoms with Crippen molar-refractivity contribution in [3.63, 3.8) is 0 Å². The van der Waals surface area contributed by atoms with Gasteiger partial charge in [0.25, 0.3) is 0 Å². The predicted molar refractivity (Wildman–Crippen MR) is 80.5 cm³/mol. The molecule has 1 aliphatic rings. The maximum atomic E-state index is 13.5. The Hall–Kier alpha value is -1.19. The van der Waals surface area contributed by atoms with Crippen LogP contribution in [-0.4, -0.2) is 12.3 Å². The Morgan fingerprint density at radius 2 is 1.62 bits per heavy atom. The Balaban J connectivity index is 2.37. The van der Waals surface area contributed by atoms with Gasteiger partial charge in [0.05, 0.1) is 0 Å². The minimum Gasteiger partial charge on any atom is -0.281 e. The van der Waals surface area contributed by atoms with Gasteiger partial charge in [0.1, 0.15) is 0 Å². The fourth-order valence-electron chi connectivity index (χ4n) is 3.03. The first-order valence-electron chi connectivity index (χ1n) is 7.66. The maximum Gasteiger partial charge on any atom is 0.485 e. The number of hydrogen-bond donors (Lipinski definition) is 0. The van der Waals surface area contributed by atoms with Gasteiger partial charge in [-0.1, -0.05) is 52.2 Å². The zero-order valence-corrected chi connectivity index (χ0v) is 13.0. The zero-order chi connectivity index (χ0) is 15.7. The average Bonchev–Trinajstić information content (AvgIpc) is 2.38. The smallest absolute Gasteiger partial charge is 0.281 e. The van der Waals surface area contributed by atoms with Gasteiger partial charge in [-0.25, -0.2) is 0 Å². The van der Waals surface area contributed by atoms with Gasteiger partial charge in [-0.15, -0.1) is 0 Å². The van der Waals surface area contributed by atoms with Gasteiger partial charge in [0, 0.05) is 11.7 Å². The fourth-order valence-corrected chi connectivity index (χ4v) is 3.03. The van der Waals surface area contributed by atoms with Crippen molar-refractivity contribution in [3.05, 3.63) is 29.8 Å². The molecule has 1 aliphatic carbocycles. The molecule has 2 rings (SSSR count). The van der Waals surface area contributed by atoms with Crippen LogP contribution in [0.4, 0.5) is 18.9 Å². The number of alkyl halides is 3. The monoisotopic (exact) mass is 299 g/mol. The zero-order valence-electron chi connectivity index (χ0n) is 13.0. The molecule has 21 heavy (non-hydrogen) atoms. The van der Waals surface area contributed by atoms with Gasteiger partial charge in [-0.05, 0) is 36.0 Å². The quantitative estimate of drug-likeness (QED) is 0.638. The Morgan fingerprint density at radius 1 is 1.00 bits per heavy atom. The molecule has 0 bridgehead atoms. The summed E-state index contributed by atoms with van der Waals surface area (Å²) in [6.45, 7) is 6.06. The van der Waals surface area contributed by atoms with Gasteiger partial charge in [0.2, 0.25) is 0 Å². The van der Waals surface area contributed by atoms with Crippen LogP contribution in [0.2, 0.25) is 0 Å². The van der Waals surface area contributed by atoms with Crippen molar-refractivity contribution < 1.29 is 13.2 Å². The normalized spacial score (nSPS) is 17.8. The fraction of sp³-hybridized carbons (Fsp3) is 0.647. The first kappa shape index (κ1) is 16.2. The van der Waals surface area contributed by atoms with Crippen LogP contribution in [0.25, 0.3) is 0 Å². The standard InChI is InChI=1S/C17H24F3N/c1-16(2,3)13-8-7-11-15(12-13)21(17(18,19)20)14-9-5-4-6-10-14/h7-8,11-12,14H,4-6,9-10H2,1-3H3. The largest absolute Gasteiger partial charge is 0.485 e. The Bertz CT molecular complexity index is 468. The van der Waals surface area contributed by atoms with E-state index in [-0.39, 0.29) is 11.1 Å². The highest BCUT2D eigenvalue weighted by Gasteiger charge is 2.42. The lowest BCUT2D eigenvalue weighted by Crippen LogP contribution is -2.47. The molecular weight excluding hydrogens is 275 g/mol. The van der Waals surface area contributed by atoms with E-state index in [0.717, 1.165) is 24.8 Å². The number of anilines is 1. The van der Waals surface area contributed by atoms with E-state index < -0.39 is 12.3 Å². The van der Waals surface area contributed by atoms with Gasteiger partial charge in [-0.2, -0.15) is 13.2 Å². The van der Waals surface area contributed by atoms with Gasteiger partial charge >= 0.3 is 6.30 Å². The lowest BCUT2D eigenvalue weighted by molar-refractivity contribution is -0.136. The highest BCUT2D eigenvalue weighted by Crippen LogP contribution is 2.37. The highest BCUT2D eigenvalue weighted by atomic mass is 19.4. The maximum absolute atomic E-state index is 13.5. The van der Waals surface area contributed by atoms with E-state index in [0.29, 0.717) is 17.7 Å². The first-order valence-corrected chi connectivity index (χ1v) is 7.66. The minimum atomic E-state index is -4.32. The van der Waals surface area contributed by atoms with Crippen molar-refractivity contribution >= 4 is 5.69 Å². The lowest BCUT2D eigenvalue weighted by Gasteiger charge is -2.37. The minimum absolute atomic E-state index is 0.153. The number of benzene rings is 1. The van der Waals surface area contributed by atoms with Gasteiger partial charge in [-0.3, -0.25) is 4.90 Å². The summed E-state index contributed by atoms with van der Waals surface area (Å²) in [5.41, 5.74) is 1.06. The van der Waals surface area contributed by atoms with E-state index in [9.17, 15) is 13.2 Å². The molecular formula is C17H24F3N. The summed E-state index contributed by atoms with van der Waals surface area (Å²) in [4.78, 5) is 0.682. The molecule has 0 aliphatic heterocycles. The molecule has 0 N–H and O–H groups in total. The van der Waals surface area contributed by atoms with Gasteiger partial charge < -0.3 is 0 Å². The van der Waals surface area contributed by atoms with Crippen LogP contribution in [0.1, 0.15) is 58.4 Å². The van der Waals surface area contributed by atoms with Crippen LogP contribution in [0.15, 0.2) is 24.3 Å². The summed E-state index contributed by atoms with van der Waals surface area (Å²) >= 11 is 0. The number of nitrogens with zero attached hydrogens (tertiary/aromatic N) is 1. The third kappa shape index (κ3) is 3.92. The van der Waals surface area contributed by atoms with Crippen LogP contribution in [0, 0.1) is 0 Å². The molecule has 0 radical (unpaired) electrons. The molecule has 1 aromatic rings. The molecule has 1 aromatic carbocycles. The third-order valence-corrected chi connectivity index (χ3v) is 4.20. The summed E-state index contributed by atoms with van der Waals surface area (Å²) in [6, 6.07) is 6.49. The predicted octanol–water partition coefficient (Wildman–Crippen LogP) is 5.64. The van der Waals surface area contributed by atoms with Crippen molar-refractivity contribution in [2.45, 2.75) is 70.6 Å². The molecule has 0 atom stereocenters. The second kappa shape index (κ2) is 5.90. The van der Waals surface area contributed by atoms with Crippen molar-refractivity contribution in [1.82, 2.24) is 0 Å². The molecule has 1 nitrogen and oxygen atoms in total. The number of rotatable bonds is 2. The topological polar surface area (TPSA) is 3.24 Å². The second-order valence-electron chi connectivity index (χ2n) is 6.93. The van der Waals surface area contributed by atoms with E-state index in [1.807, 2.05) is 26.8 Å². The van der Waals surface area contributed by atoms with E-state index in [1.165, 1.54) is 0 Å². The summed E-state index contributed by atoms with van der Waals surface area (Å²) in [5, 5.41) is 0. The van der Waals surface area contributed by atoms with E-state index in [2.05, 4.69) is 0 Å². The molecule has 1 fully saturated rings. The molecule has 0 aromatic heterocycles. The highest BCUT2D eigenvalue weighted by molar-refractivity contribution is 5.51.